The highest BCUT2D eigenvalue weighted by molar-refractivity contribution is 7.22. The van der Waals surface area contributed by atoms with Crippen molar-refractivity contribution >= 4 is 43.8 Å². The van der Waals surface area contributed by atoms with Crippen molar-refractivity contribution in [2.75, 3.05) is 5.73 Å². The summed E-state index contributed by atoms with van der Waals surface area (Å²) in [6.45, 7) is 6.33. The zero-order valence-corrected chi connectivity index (χ0v) is 21.0. The van der Waals surface area contributed by atoms with Gasteiger partial charge in [0.25, 0.3) is 0 Å². The molecule has 3 aromatic carbocycles. The van der Waals surface area contributed by atoms with Crippen LogP contribution >= 0.6 is 22.7 Å². The van der Waals surface area contributed by atoms with Gasteiger partial charge in [0.05, 0.1) is 27.2 Å². The Morgan fingerprint density at radius 1 is 0.824 bits per heavy atom. The monoisotopic (exact) mass is 483 g/mol. The molecule has 2 heterocycles. The van der Waals surface area contributed by atoms with Crippen molar-refractivity contribution in [3.05, 3.63) is 87.9 Å². The highest BCUT2D eigenvalue weighted by Crippen LogP contribution is 2.38. The number of ketones is 1. The van der Waals surface area contributed by atoms with Gasteiger partial charge in [-0.05, 0) is 55.2 Å². The smallest absolute Gasteiger partial charge is 0.181 e. The molecule has 0 saturated carbocycles. The minimum absolute atomic E-state index is 0.146. The molecule has 0 bridgehead atoms. The van der Waals surface area contributed by atoms with Crippen molar-refractivity contribution in [1.29, 1.82) is 0 Å². The third-order valence-corrected chi connectivity index (χ3v) is 7.94. The van der Waals surface area contributed by atoms with Crippen molar-refractivity contribution < 1.29 is 4.79 Å². The van der Waals surface area contributed by atoms with E-state index in [1.54, 1.807) is 11.3 Å². The van der Waals surface area contributed by atoms with Crippen LogP contribution in [-0.2, 0) is 17.6 Å². The molecule has 0 aliphatic heterocycles. The van der Waals surface area contributed by atoms with Gasteiger partial charge in [0.15, 0.2) is 5.13 Å². The van der Waals surface area contributed by atoms with Gasteiger partial charge in [0, 0.05) is 12.0 Å². The van der Waals surface area contributed by atoms with Crippen LogP contribution in [0.2, 0.25) is 0 Å². The van der Waals surface area contributed by atoms with E-state index >= 15 is 0 Å². The summed E-state index contributed by atoms with van der Waals surface area (Å²) in [4.78, 5) is 23.3. The Balaban J connectivity index is 1.45. The van der Waals surface area contributed by atoms with Gasteiger partial charge in [0.1, 0.15) is 10.8 Å². The summed E-state index contributed by atoms with van der Waals surface area (Å²) in [5.74, 6) is 0.146. The lowest BCUT2D eigenvalue weighted by Gasteiger charge is -2.06. The predicted octanol–water partition coefficient (Wildman–Crippen LogP) is 6.95. The molecule has 0 radical (unpaired) electrons. The summed E-state index contributed by atoms with van der Waals surface area (Å²) in [6, 6.07) is 20.8. The van der Waals surface area contributed by atoms with Crippen molar-refractivity contribution in [3.63, 3.8) is 0 Å². The molecular weight excluding hydrogens is 458 g/mol. The molecule has 0 aliphatic rings. The van der Waals surface area contributed by atoms with Crippen molar-refractivity contribution in [3.8, 4) is 21.7 Å². The number of aryl methyl sites for hydroxylation is 3. The Bertz CT molecular complexity index is 1510. The number of hydrogen-bond donors (Lipinski definition) is 1. The molecule has 5 aromatic rings. The van der Waals surface area contributed by atoms with E-state index in [4.69, 9.17) is 10.7 Å². The number of carbonyl (C=O) groups is 1. The second kappa shape index (κ2) is 9.12. The van der Waals surface area contributed by atoms with Gasteiger partial charge in [-0.25, -0.2) is 9.97 Å². The van der Waals surface area contributed by atoms with Gasteiger partial charge in [-0.15, -0.1) is 11.3 Å². The molecular formula is C28H25N3OS2. The Labute approximate surface area is 207 Å². The minimum Gasteiger partial charge on any atom is -0.375 e. The highest BCUT2D eigenvalue weighted by Gasteiger charge is 2.18. The Morgan fingerprint density at radius 3 is 2.35 bits per heavy atom. The number of fused-ring (bicyclic) bond motifs is 1. The molecule has 0 aliphatic carbocycles. The minimum atomic E-state index is 0.146. The average Bonchev–Trinajstić information content (AvgIpc) is 3.38. The normalized spacial score (nSPS) is 11.3. The number of benzene rings is 3. The number of nitrogens with zero attached hydrogens (tertiary/aromatic N) is 2. The van der Waals surface area contributed by atoms with Crippen molar-refractivity contribution in [1.82, 2.24) is 9.97 Å². The quantitative estimate of drug-likeness (QED) is 0.284. The number of thiazole rings is 2. The molecule has 0 atom stereocenters. The SMILES string of the molecule is Cc1ccc(-c2nc(CC(=O)Cc3ccc4nc(N)sc4c3)sc2-c2ccc(C)c(C)c2)cc1. The van der Waals surface area contributed by atoms with E-state index in [0.717, 1.165) is 42.5 Å². The molecule has 4 nitrogen and oxygen atoms in total. The first-order chi connectivity index (χ1) is 16.4. The van der Waals surface area contributed by atoms with E-state index in [-0.39, 0.29) is 5.78 Å². The van der Waals surface area contributed by atoms with E-state index in [9.17, 15) is 4.79 Å². The van der Waals surface area contributed by atoms with Gasteiger partial charge in [-0.1, -0.05) is 65.4 Å². The van der Waals surface area contributed by atoms with E-state index < -0.39 is 0 Å². The van der Waals surface area contributed by atoms with Gasteiger partial charge < -0.3 is 5.73 Å². The number of anilines is 1. The van der Waals surface area contributed by atoms with Crippen LogP contribution in [0.3, 0.4) is 0 Å². The summed E-state index contributed by atoms with van der Waals surface area (Å²) in [5.41, 5.74) is 14.5. The van der Waals surface area contributed by atoms with Crippen molar-refractivity contribution in [2.24, 2.45) is 0 Å². The average molecular weight is 484 g/mol. The first-order valence-corrected chi connectivity index (χ1v) is 12.8. The molecule has 2 N–H and O–H groups in total. The number of nitrogen functional groups attached to an aromatic ring is 1. The lowest BCUT2D eigenvalue weighted by atomic mass is 10.0. The molecule has 0 spiro atoms. The fourth-order valence-corrected chi connectivity index (χ4v) is 5.89. The van der Waals surface area contributed by atoms with Gasteiger partial charge in [0.2, 0.25) is 0 Å². The lowest BCUT2D eigenvalue weighted by molar-refractivity contribution is -0.117. The first kappa shape index (κ1) is 22.4. The molecule has 6 heteroatoms. The number of aromatic nitrogens is 2. The van der Waals surface area contributed by atoms with Crippen LogP contribution in [0.5, 0.6) is 0 Å². The Morgan fingerprint density at radius 2 is 1.59 bits per heavy atom. The maximum atomic E-state index is 13.0. The van der Waals surface area contributed by atoms with Crippen LogP contribution in [0.15, 0.2) is 60.7 Å². The van der Waals surface area contributed by atoms with Crippen LogP contribution in [0.25, 0.3) is 31.9 Å². The number of hydrogen-bond acceptors (Lipinski definition) is 6. The fraction of sp³-hybridized carbons (Fsp3) is 0.179. The number of Topliss-reactive ketones (excluding diaryl/α,β-unsaturated/α-hetero) is 1. The third kappa shape index (κ3) is 4.65. The first-order valence-electron chi connectivity index (χ1n) is 11.2. The summed E-state index contributed by atoms with van der Waals surface area (Å²) >= 11 is 3.06. The van der Waals surface area contributed by atoms with Crippen LogP contribution in [0, 0.1) is 20.8 Å². The zero-order chi connectivity index (χ0) is 23.8. The number of nitrogens with two attached hydrogens (primary N) is 1. The van der Waals surface area contributed by atoms with Gasteiger partial charge >= 0.3 is 0 Å². The third-order valence-electron chi connectivity index (χ3n) is 5.98. The fourth-order valence-electron chi connectivity index (χ4n) is 3.98. The van der Waals surface area contributed by atoms with Gasteiger partial charge in [-0.2, -0.15) is 0 Å². The standard InChI is InChI=1S/C28H25N3OS2/c1-16-4-8-20(9-5-16)26-27(21-10-6-17(2)18(3)12-21)34-25(31-26)15-22(32)13-19-7-11-23-24(14-19)33-28(29)30-23/h4-12,14H,13,15H2,1-3H3,(H2,29,30). The molecule has 0 unspecified atom stereocenters. The predicted molar refractivity (Wildman–Crippen MR) is 144 cm³/mol. The van der Waals surface area contributed by atoms with Crippen LogP contribution < -0.4 is 5.73 Å². The zero-order valence-electron chi connectivity index (χ0n) is 19.4. The van der Waals surface area contributed by atoms with E-state index in [0.29, 0.717) is 18.0 Å². The van der Waals surface area contributed by atoms with Gasteiger partial charge in [-0.3, -0.25) is 4.79 Å². The van der Waals surface area contributed by atoms with E-state index in [1.165, 1.54) is 28.0 Å². The molecule has 170 valence electrons. The summed E-state index contributed by atoms with van der Waals surface area (Å²) < 4.78 is 1.01. The van der Waals surface area contributed by atoms with E-state index in [1.807, 2.05) is 18.2 Å². The lowest BCUT2D eigenvalue weighted by Crippen LogP contribution is -2.06. The van der Waals surface area contributed by atoms with Crippen LogP contribution in [0.4, 0.5) is 5.13 Å². The molecule has 0 amide bonds. The van der Waals surface area contributed by atoms with Crippen molar-refractivity contribution in [2.45, 2.75) is 33.6 Å². The topological polar surface area (TPSA) is 68.9 Å². The molecule has 0 saturated heterocycles. The molecule has 34 heavy (non-hydrogen) atoms. The second-order valence-electron chi connectivity index (χ2n) is 8.70. The number of carbonyl (C=O) groups excluding carboxylic acids is 1. The van der Waals surface area contributed by atoms with Crippen LogP contribution in [-0.4, -0.2) is 15.8 Å². The Kier molecular flexibility index (Phi) is 6.02. The highest BCUT2D eigenvalue weighted by atomic mass is 32.1. The van der Waals surface area contributed by atoms with Crippen LogP contribution in [0.1, 0.15) is 27.3 Å². The summed E-state index contributed by atoms with van der Waals surface area (Å²) in [5, 5.41) is 1.39. The van der Waals surface area contributed by atoms with E-state index in [2.05, 4.69) is 68.2 Å². The summed E-state index contributed by atoms with van der Waals surface area (Å²) in [6.07, 6.45) is 0.684. The maximum absolute atomic E-state index is 13.0. The molecule has 5 rings (SSSR count). The molecule has 0 fully saturated rings. The maximum Gasteiger partial charge on any atom is 0.181 e. The Hall–Kier alpha value is -3.35. The number of rotatable bonds is 6. The largest absolute Gasteiger partial charge is 0.375 e. The molecule has 2 aromatic heterocycles. The second-order valence-corrected chi connectivity index (χ2v) is 10.8. The summed E-state index contributed by atoms with van der Waals surface area (Å²) in [7, 11) is 0.